The van der Waals surface area contributed by atoms with Gasteiger partial charge < -0.3 is 10.4 Å². The van der Waals surface area contributed by atoms with Crippen molar-refractivity contribution >= 4 is 0 Å². The van der Waals surface area contributed by atoms with E-state index in [0.717, 1.165) is 25.1 Å². The molecule has 2 rings (SSSR count). The maximum absolute atomic E-state index is 13.5. The van der Waals surface area contributed by atoms with Gasteiger partial charge in [-0.1, -0.05) is 19.1 Å². The Morgan fingerprint density at radius 2 is 2.38 bits per heavy atom. The first-order chi connectivity index (χ1) is 7.69. The van der Waals surface area contributed by atoms with Gasteiger partial charge in [-0.2, -0.15) is 0 Å². The Bertz CT molecular complexity index is 369. The van der Waals surface area contributed by atoms with Gasteiger partial charge >= 0.3 is 0 Å². The first-order valence-corrected chi connectivity index (χ1v) is 5.75. The van der Waals surface area contributed by atoms with Crippen molar-refractivity contribution in [2.75, 3.05) is 19.8 Å². The lowest BCUT2D eigenvalue weighted by atomic mass is 9.68. The summed E-state index contributed by atoms with van der Waals surface area (Å²) in [4.78, 5) is 0. The predicted octanol–water partition coefficient (Wildman–Crippen LogP) is 2.23. The summed E-state index contributed by atoms with van der Waals surface area (Å²) < 4.78 is 13.5. The van der Waals surface area contributed by atoms with E-state index in [4.69, 9.17) is 0 Å². The van der Waals surface area contributed by atoms with E-state index in [1.807, 2.05) is 6.07 Å². The van der Waals surface area contributed by atoms with Crippen molar-refractivity contribution in [3.63, 3.8) is 0 Å². The molecule has 3 heteroatoms. The molecule has 0 saturated carbocycles. The van der Waals surface area contributed by atoms with E-state index in [1.54, 1.807) is 18.2 Å². The Morgan fingerprint density at radius 1 is 1.56 bits per heavy atom. The molecule has 1 aliphatic heterocycles. The number of halogens is 1. The molecular formula is C13H18FNO. The first-order valence-electron chi connectivity index (χ1n) is 5.75. The fourth-order valence-corrected chi connectivity index (χ4v) is 2.59. The molecule has 0 radical (unpaired) electrons. The third-order valence-corrected chi connectivity index (χ3v) is 3.80. The molecule has 0 bridgehead atoms. The second-order valence-corrected chi connectivity index (χ2v) is 4.70. The number of nitrogens with one attached hydrogen (secondary N) is 1. The second-order valence-electron chi connectivity index (χ2n) is 4.70. The third-order valence-electron chi connectivity index (χ3n) is 3.80. The van der Waals surface area contributed by atoms with Crippen molar-refractivity contribution in [2.24, 2.45) is 5.92 Å². The van der Waals surface area contributed by atoms with Gasteiger partial charge in [-0.05, 0) is 43.1 Å². The Hall–Kier alpha value is -1.09. The van der Waals surface area contributed by atoms with Crippen LogP contribution in [0.4, 0.5) is 4.39 Å². The van der Waals surface area contributed by atoms with Gasteiger partial charge in [0.1, 0.15) is 5.75 Å². The van der Waals surface area contributed by atoms with Gasteiger partial charge in [0.15, 0.2) is 0 Å². The molecule has 1 saturated heterocycles. The van der Waals surface area contributed by atoms with Crippen molar-refractivity contribution in [3.05, 3.63) is 29.8 Å². The van der Waals surface area contributed by atoms with Gasteiger partial charge in [-0.3, -0.25) is 4.39 Å². The van der Waals surface area contributed by atoms with Crippen molar-refractivity contribution in [1.29, 1.82) is 0 Å². The highest BCUT2D eigenvalue weighted by Crippen LogP contribution is 2.39. The van der Waals surface area contributed by atoms with Crippen LogP contribution in [0.25, 0.3) is 0 Å². The monoisotopic (exact) mass is 223 g/mol. The zero-order chi connectivity index (χ0) is 11.6. The highest BCUT2D eigenvalue weighted by Gasteiger charge is 2.40. The molecule has 1 aromatic rings. The molecule has 0 amide bonds. The smallest absolute Gasteiger partial charge is 0.115 e. The lowest BCUT2D eigenvalue weighted by Gasteiger charge is -2.41. The fourth-order valence-electron chi connectivity index (χ4n) is 2.59. The van der Waals surface area contributed by atoms with E-state index >= 15 is 0 Å². The van der Waals surface area contributed by atoms with Crippen LogP contribution in [0, 0.1) is 5.92 Å². The van der Waals surface area contributed by atoms with Gasteiger partial charge in [-0.25, -0.2) is 0 Å². The van der Waals surface area contributed by atoms with Crippen molar-refractivity contribution in [1.82, 2.24) is 5.32 Å². The molecule has 1 fully saturated rings. The number of piperidine rings is 1. The lowest BCUT2D eigenvalue weighted by Crippen LogP contribution is -2.48. The number of alkyl halides is 1. The zero-order valence-electron chi connectivity index (χ0n) is 9.54. The molecule has 1 aromatic carbocycles. The minimum absolute atomic E-state index is 0.219. The summed E-state index contributed by atoms with van der Waals surface area (Å²) in [5, 5.41) is 12.8. The normalized spacial score (nSPS) is 30.2. The SMILES string of the molecule is C[C@H]1CNCC[C@@]1(CF)c1cccc(O)c1. The number of rotatable bonds is 2. The van der Waals surface area contributed by atoms with E-state index in [2.05, 4.69) is 12.2 Å². The van der Waals surface area contributed by atoms with Gasteiger partial charge in [0.25, 0.3) is 0 Å². The number of hydrogen-bond acceptors (Lipinski definition) is 2. The van der Waals surface area contributed by atoms with Crippen LogP contribution in [0.3, 0.4) is 0 Å². The molecular weight excluding hydrogens is 205 g/mol. The maximum Gasteiger partial charge on any atom is 0.115 e. The number of hydrogen-bond donors (Lipinski definition) is 2. The Morgan fingerprint density at radius 3 is 3.00 bits per heavy atom. The highest BCUT2D eigenvalue weighted by molar-refractivity contribution is 5.34. The summed E-state index contributed by atoms with van der Waals surface area (Å²) in [5.41, 5.74) is 0.494. The van der Waals surface area contributed by atoms with Crippen LogP contribution in [0.2, 0.25) is 0 Å². The molecule has 0 spiro atoms. The first kappa shape index (κ1) is 11.4. The van der Waals surface area contributed by atoms with Gasteiger partial charge in [0, 0.05) is 5.41 Å². The molecule has 0 unspecified atom stereocenters. The van der Waals surface area contributed by atoms with Crippen molar-refractivity contribution in [3.8, 4) is 5.75 Å². The van der Waals surface area contributed by atoms with Crippen LogP contribution in [0.1, 0.15) is 18.9 Å². The van der Waals surface area contributed by atoms with Crippen LogP contribution < -0.4 is 5.32 Å². The Kier molecular flexibility index (Phi) is 3.15. The zero-order valence-corrected chi connectivity index (χ0v) is 9.54. The molecule has 0 aliphatic carbocycles. The number of phenolic OH excluding ortho intramolecular Hbond substituents is 1. The molecule has 2 atom stereocenters. The molecule has 2 nitrogen and oxygen atoms in total. The largest absolute Gasteiger partial charge is 0.508 e. The number of benzene rings is 1. The third kappa shape index (κ3) is 1.80. The lowest BCUT2D eigenvalue weighted by molar-refractivity contribution is 0.168. The van der Waals surface area contributed by atoms with Gasteiger partial charge in [0.2, 0.25) is 0 Å². The summed E-state index contributed by atoms with van der Waals surface area (Å²) in [6.45, 7) is 3.37. The topological polar surface area (TPSA) is 32.3 Å². The summed E-state index contributed by atoms with van der Waals surface area (Å²) in [6.07, 6.45) is 0.786. The number of phenols is 1. The van der Waals surface area contributed by atoms with E-state index in [0.29, 0.717) is 0 Å². The van der Waals surface area contributed by atoms with Crippen LogP contribution >= 0.6 is 0 Å². The van der Waals surface area contributed by atoms with Crippen LogP contribution in [0.5, 0.6) is 5.75 Å². The average Bonchev–Trinajstić information content (AvgIpc) is 2.30. The second kappa shape index (κ2) is 4.42. The minimum Gasteiger partial charge on any atom is -0.508 e. The summed E-state index contributed by atoms with van der Waals surface area (Å²) in [5.74, 6) is 0.462. The quantitative estimate of drug-likeness (QED) is 0.805. The fraction of sp³-hybridized carbons (Fsp3) is 0.538. The predicted molar refractivity (Wildman–Crippen MR) is 62.4 cm³/mol. The van der Waals surface area contributed by atoms with Crippen molar-refractivity contribution < 1.29 is 9.50 Å². The molecule has 88 valence electrons. The summed E-state index contributed by atoms with van der Waals surface area (Å²) >= 11 is 0. The minimum atomic E-state index is -0.427. The average molecular weight is 223 g/mol. The van der Waals surface area contributed by atoms with Crippen molar-refractivity contribution in [2.45, 2.75) is 18.8 Å². The van der Waals surface area contributed by atoms with E-state index in [9.17, 15) is 9.50 Å². The summed E-state index contributed by atoms with van der Waals surface area (Å²) in [6, 6.07) is 7.03. The highest BCUT2D eigenvalue weighted by atomic mass is 19.1. The van der Waals surface area contributed by atoms with Gasteiger partial charge in [-0.15, -0.1) is 0 Å². The van der Waals surface area contributed by atoms with E-state index < -0.39 is 5.41 Å². The molecule has 0 aromatic heterocycles. The Labute approximate surface area is 95.5 Å². The molecule has 1 heterocycles. The Balaban J connectivity index is 2.40. The molecule has 1 aliphatic rings. The molecule has 16 heavy (non-hydrogen) atoms. The van der Waals surface area contributed by atoms with Crippen LogP contribution in [-0.4, -0.2) is 24.9 Å². The van der Waals surface area contributed by atoms with Crippen LogP contribution in [0.15, 0.2) is 24.3 Å². The standard InChI is InChI=1S/C13H18FNO/c1-10-8-15-6-5-13(10,9-14)11-3-2-4-12(16)7-11/h2-4,7,10,15-16H,5-6,8-9H2,1H3/t10-,13-/m0/s1. The van der Waals surface area contributed by atoms with Gasteiger partial charge in [0.05, 0.1) is 6.67 Å². The number of aromatic hydroxyl groups is 1. The maximum atomic E-state index is 13.5. The summed E-state index contributed by atoms with van der Waals surface area (Å²) in [7, 11) is 0. The van der Waals surface area contributed by atoms with E-state index in [-0.39, 0.29) is 18.3 Å². The van der Waals surface area contributed by atoms with Crippen LogP contribution in [-0.2, 0) is 5.41 Å². The molecule has 2 N–H and O–H groups in total. The van der Waals surface area contributed by atoms with E-state index in [1.165, 1.54) is 0 Å².